The number of hydrogen-bond donors (Lipinski definition) is 0. The lowest BCUT2D eigenvalue weighted by molar-refractivity contribution is 0.0631. The summed E-state index contributed by atoms with van der Waals surface area (Å²) < 4.78 is 24.1. The predicted molar refractivity (Wildman–Crippen MR) is 105 cm³/mol. The molecule has 6 nitrogen and oxygen atoms in total. The highest BCUT2D eigenvalue weighted by molar-refractivity contribution is 6.00. The molecule has 1 aliphatic rings. The van der Waals surface area contributed by atoms with Crippen molar-refractivity contribution in [2.75, 3.05) is 19.7 Å². The van der Waals surface area contributed by atoms with Crippen molar-refractivity contribution >= 4 is 5.91 Å². The molecule has 1 aliphatic heterocycles. The second-order valence-electron chi connectivity index (χ2n) is 7.27. The van der Waals surface area contributed by atoms with Crippen LogP contribution in [0.3, 0.4) is 0 Å². The van der Waals surface area contributed by atoms with Gasteiger partial charge in [0.15, 0.2) is 0 Å². The van der Waals surface area contributed by atoms with Gasteiger partial charge in [0, 0.05) is 30.6 Å². The largest absolute Gasteiger partial charge is 0.477 e. The molecule has 1 amide bonds. The van der Waals surface area contributed by atoms with E-state index in [0.29, 0.717) is 42.6 Å². The fourth-order valence-corrected chi connectivity index (χ4v) is 3.58. The molecule has 0 spiro atoms. The predicted octanol–water partition coefficient (Wildman–Crippen LogP) is 4.12. The molecule has 0 N–H and O–H groups in total. The number of hydrogen-bond acceptors (Lipinski definition) is 5. The Bertz CT molecular complexity index is 973. The zero-order chi connectivity index (χ0) is 20.2. The van der Waals surface area contributed by atoms with Gasteiger partial charge in [0.1, 0.15) is 12.1 Å². The zero-order valence-corrected chi connectivity index (χ0v) is 16.2. The number of benzene rings is 1. The molecule has 1 unspecified atom stereocenters. The highest BCUT2D eigenvalue weighted by Gasteiger charge is 2.27. The summed E-state index contributed by atoms with van der Waals surface area (Å²) in [5.74, 6) is 0.584. The Morgan fingerprint density at radius 1 is 1.31 bits per heavy atom. The van der Waals surface area contributed by atoms with Crippen molar-refractivity contribution < 1.29 is 18.3 Å². The number of aromatic nitrogens is 2. The summed E-state index contributed by atoms with van der Waals surface area (Å²) in [7, 11) is 0. The molecule has 2 aromatic heterocycles. The van der Waals surface area contributed by atoms with Gasteiger partial charge in [0.25, 0.3) is 5.91 Å². The van der Waals surface area contributed by atoms with Crippen LogP contribution in [0, 0.1) is 18.7 Å². The number of carbonyl (C=O) groups excluding carboxylic acids is 1. The number of pyridine rings is 1. The lowest BCUT2D eigenvalue weighted by Crippen LogP contribution is -2.41. The first-order valence-corrected chi connectivity index (χ1v) is 9.64. The van der Waals surface area contributed by atoms with Crippen molar-refractivity contribution in [2.24, 2.45) is 5.92 Å². The lowest BCUT2D eigenvalue weighted by atomic mass is 9.96. The molecule has 1 aromatic carbocycles. The molecule has 1 saturated heterocycles. The molecular weight excluding hydrogens is 373 g/mol. The van der Waals surface area contributed by atoms with Gasteiger partial charge in [-0.15, -0.1) is 0 Å². The van der Waals surface area contributed by atoms with Crippen LogP contribution in [0.25, 0.3) is 11.5 Å². The summed E-state index contributed by atoms with van der Waals surface area (Å²) in [6.45, 7) is 3.68. The van der Waals surface area contributed by atoms with E-state index in [9.17, 15) is 9.18 Å². The smallest absolute Gasteiger partial charge is 0.254 e. The molecule has 0 saturated carbocycles. The zero-order valence-electron chi connectivity index (χ0n) is 16.2. The fourth-order valence-electron chi connectivity index (χ4n) is 3.58. The van der Waals surface area contributed by atoms with Gasteiger partial charge in [0.2, 0.25) is 11.8 Å². The lowest BCUT2D eigenvalue weighted by Gasteiger charge is -2.33. The molecule has 29 heavy (non-hydrogen) atoms. The van der Waals surface area contributed by atoms with E-state index in [2.05, 4.69) is 9.97 Å². The summed E-state index contributed by atoms with van der Waals surface area (Å²) in [6, 6.07) is 8.53. The molecule has 0 aliphatic carbocycles. The number of likely N-dealkylation sites (tertiary alicyclic amines) is 1. The second-order valence-corrected chi connectivity index (χ2v) is 7.27. The summed E-state index contributed by atoms with van der Waals surface area (Å²) >= 11 is 0. The summed E-state index contributed by atoms with van der Waals surface area (Å²) in [4.78, 5) is 23.3. The number of carbonyl (C=O) groups is 1. The van der Waals surface area contributed by atoms with Crippen molar-refractivity contribution in [3.8, 4) is 17.3 Å². The minimum Gasteiger partial charge on any atom is -0.477 e. The number of aryl methyl sites for hydroxylation is 1. The average molecular weight is 395 g/mol. The van der Waals surface area contributed by atoms with Gasteiger partial charge < -0.3 is 14.1 Å². The fraction of sp³-hybridized carbons (Fsp3) is 0.318. The first kappa shape index (κ1) is 19.1. The second kappa shape index (κ2) is 8.43. The minimum atomic E-state index is -0.396. The van der Waals surface area contributed by atoms with E-state index in [1.807, 2.05) is 30.0 Å². The van der Waals surface area contributed by atoms with Gasteiger partial charge in [-0.3, -0.25) is 4.79 Å². The van der Waals surface area contributed by atoms with E-state index < -0.39 is 5.82 Å². The molecule has 3 heterocycles. The molecule has 150 valence electrons. The highest BCUT2D eigenvalue weighted by Crippen LogP contribution is 2.27. The van der Waals surface area contributed by atoms with E-state index >= 15 is 0 Å². The van der Waals surface area contributed by atoms with Crippen LogP contribution in [0.5, 0.6) is 5.88 Å². The minimum absolute atomic E-state index is 0.0356. The summed E-state index contributed by atoms with van der Waals surface area (Å²) in [6.07, 6.45) is 6.07. The van der Waals surface area contributed by atoms with Gasteiger partial charge >= 0.3 is 0 Å². The first-order chi connectivity index (χ1) is 14.1. The van der Waals surface area contributed by atoms with Crippen molar-refractivity contribution in [1.29, 1.82) is 0 Å². The van der Waals surface area contributed by atoms with Crippen LogP contribution in [0.2, 0.25) is 0 Å². The molecule has 0 radical (unpaired) electrons. The van der Waals surface area contributed by atoms with Gasteiger partial charge in [-0.05, 0) is 38.0 Å². The van der Waals surface area contributed by atoms with Crippen molar-refractivity contribution in [3.05, 3.63) is 65.9 Å². The molecule has 1 atom stereocenters. The van der Waals surface area contributed by atoms with E-state index in [1.54, 1.807) is 6.20 Å². The van der Waals surface area contributed by atoms with Crippen molar-refractivity contribution in [3.63, 3.8) is 0 Å². The number of piperidine rings is 1. The van der Waals surface area contributed by atoms with E-state index in [1.165, 1.54) is 18.4 Å². The van der Waals surface area contributed by atoms with E-state index in [0.717, 1.165) is 24.6 Å². The van der Waals surface area contributed by atoms with Crippen LogP contribution in [0.4, 0.5) is 4.39 Å². The van der Waals surface area contributed by atoms with Crippen LogP contribution in [0.1, 0.15) is 28.8 Å². The maximum atomic E-state index is 13.3. The van der Waals surface area contributed by atoms with Crippen molar-refractivity contribution in [2.45, 2.75) is 19.8 Å². The Morgan fingerprint density at radius 2 is 2.21 bits per heavy atom. The Hall–Kier alpha value is -3.22. The van der Waals surface area contributed by atoms with Crippen LogP contribution >= 0.6 is 0 Å². The number of halogens is 1. The SMILES string of the molecule is Cc1ccc(-c2ncco2)c(C(=O)N2CCCC(COc3ccc(F)cn3)C2)c1. The molecular formula is C22H22FN3O3. The number of rotatable bonds is 5. The third-order valence-electron chi connectivity index (χ3n) is 5.04. The highest BCUT2D eigenvalue weighted by atomic mass is 19.1. The molecule has 7 heteroatoms. The van der Waals surface area contributed by atoms with E-state index in [-0.39, 0.29) is 11.8 Å². The van der Waals surface area contributed by atoms with Crippen LogP contribution in [-0.2, 0) is 0 Å². The first-order valence-electron chi connectivity index (χ1n) is 9.64. The van der Waals surface area contributed by atoms with E-state index in [4.69, 9.17) is 9.15 Å². The van der Waals surface area contributed by atoms with Crippen LogP contribution < -0.4 is 4.74 Å². The van der Waals surface area contributed by atoms with Crippen LogP contribution in [-0.4, -0.2) is 40.5 Å². The molecule has 4 rings (SSSR count). The van der Waals surface area contributed by atoms with Crippen LogP contribution in [0.15, 0.2) is 53.4 Å². The third-order valence-corrected chi connectivity index (χ3v) is 5.04. The monoisotopic (exact) mass is 395 g/mol. The Balaban J connectivity index is 1.46. The number of nitrogens with zero attached hydrogens (tertiary/aromatic N) is 3. The Labute approximate surface area is 168 Å². The summed E-state index contributed by atoms with van der Waals surface area (Å²) in [5.41, 5.74) is 2.29. The third kappa shape index (κ3) is 4.45. The van der Waals surface area contributed by atoms with Crippen molar-refractivity contribution in [1.82, 2.24) is 14.9 Å². The number of amides is 1. The quantitative estimate of drug-likeness (QED) is 0.650. The normalized spacial score (nSPS) is 16.6. The van der Waals surface area contributed by atoms with Gasteiger partial charge in [-0.1, -0.05) is 11.6 Å². The number of oxazole rings is 1. The van der Waals surface area contributed by atoms with Gasteiger partial charge in [0.05, 0.1) is 24.6 Å². The Morgan fingerprint density at radius 3 is 2.97 bits per heavy atom. The average Bonchev–Trinajstić information content (AvgIpc) is 3.28. The Kier molecular flexibility index (Phi) is 5.55. The standard InChI is InChI=1S/C22H22FN3O3/c1-15-4-6-18(21-24-8-10-28-21)19(11-15)22(27)26-9-2-3-16(13-26)14-29-20-7-5-17(23)12-25-20/h4-8,10-12,16H,2-3,9,13-14H2,1H3. The summed E-state index contributed by atoms with van der Waals surface area (Å²) in [5, 5.41) is 0. The number of ether oxygens (including phenoxy) is 1. The molecule has 1 fully saturated rings. The maximum Gasteiger partial charge on any atom is 0.254 e. The molecule has 0 bridgehead atoms. The maximum absolute atomic E-state index is 13.3. The van der Waals surface area contributed by atoms with Gasteiger partial charge in [-0.25, -0.2) is 14.4 Å². The topological polar surface area (TPSA) is 68.5 Å². The molecule has 3 aromatic rings. The van der Waals surface area contributed by atoms with Gasteiger partial charge in [-0.2, -0.15) is 0 Å².